The number of carbonyl (C=O) groups is 2. The lowest BCUT2D eigenvalue weighted by atomic mass is 10.1. The van der Waals surface area contributed by atoms with Crippen molar-refractivity contribution >= 4 is 34.5 Å². The van der Waals surface area contributed by atoms with E-state index in [0.29, 0.717) is 32.8 Å². The Labute approximate surface area is 194 Å². The number of nitrogens with zero attached hydrogens (tertiary/aromatic N) is 3. The number of thioether (sulfide) groups is 1. The molecule has 2 heterocycles. The third-order valence-electron chi connectivity index (χ3n) is 5.10. The molecule has 0 spiro atoms. The first kappa shape index (κ1) is 22.7. The van der Waals surface area contributed by atoms with Crippen LogP contribution in [0.4, 0.5) is 0 Å². The van der Waals surface area contributed by atoms with Crippen molar-refractivity contribution in [1.82, 2.24) is 10.3 Å². The minimum atomic E-state index is -1.12. The standard InChI is InChI=1S/C23H24N4O5S/c1-3-4-12-33-23-25-22(30)19-14-8-5-6-10-16(14)24-21(27(19)26-23)15-9-7-11-17(31-2)20(15)32-13-18(28)29/h5-11,21H,3-4,12-13H2,1-2H3,(H,28,29)(H,25,26,30). The summed E-state index contributed by atoms with van der Waals surface area (Å²) in [6.45, 7) is 1.56. The number of methoxy groups -OCH3 is 1. The fourth-order valence-electron chi connectivity index (χ4n) is 3.59. The van der Waals surface area contributed by atoms with Crippen LogP contribution in [-0.4, -0.2) is 46.6 Å². The Bertz CT molecular complexity index is 1230. The van der Waals surface area contributed by atoms with Gasteiger partial charge in [0.25, 0.3) is 5.91 Å². The van der Waals surface area contributed by atoms with Crippen molar-refractivity contribution < 1.29 is 24.2 Å². The van der Waals surface area contributed by atoms with Crippen LogP contribution in [0.15, 0.2) is 52.6 Å². The molecule has 2 N–H and O–H groups in total. The van der Waals surface area contributed by atoms with Crippen LogP contribution in [-0.2, 0) is 9.59 Å². The number of hydrogen-bond donors (Lipinski definition) is 2. The highest BCUT2D eigenvalue weighted by atomic mass is 32.2. The molecule has 2 aliphatic heterocycles. The van der Waals surface area contributed by atoms with E-state index in [1.165, 1.54) is 18.9 Å². The summed E-state index contributed by atoms with van der Waals surface area (Å²) in [7, 11) is 1.48. The van der Waals surface area contributed by atoms with Crippen LogP contribution in [0.1, 0.15) is 31.5 Å². The number of carbonyl (C=O) groups excluding carboxylic acids is 1. The van der Waals surface area contributed by atoms with Gasteiger partial charge in [0, 0.05) is 16.5 Å². The van der Waals surface area contributed by atoms with Crippen LogP contribution in [0.3, 0.4) is 0 Å². The number of unbranched alkanes of at least 4 members (excludes halogenated alkanes) is 1. The van der Waals surface area contributed by atoms with E-state index in [-0.39, 0.29) is 11.7 Å². The highest BCUT2D eigenvalue weighted by molar-refractivity contribution is 8.13. The maximum absolute atomic E-state index is 13.2. The van der Waals surface area contributed by atoms with E-state index in [0.717, 1.165) is 18.6 Å². The number of rotatable bonds is 8. The SMILES string of the molecule is CCCCSC1=NN2C(=c3ccccc3=NC2c2cccc(OC)c2OCC(=O)O)C(=O)N1. The highest BCUT2D eigenvalue weighted by Gasteiger charge is 2.36. The maximum atomic E-state index is 13.2. The molecule has 0 radical (unpaired) electrons. The Hall–Kier alpha value is -3.53. The van der Waals surface area contributed by atoms with E-state index >= 15 is 0 Å². The van der Waals surface area contributed by atoms with Crippen molar-refractivity contribution in [2.75, 3.05) is 19.5 Å². The lowest BCUT2D eigenvalue weighted by Crippen LogP contribution is -2.50. The van der Waals surface area contributed by atoms with Gasteiger partial charge in [0.1, 0.15) is 5.70 Å². The predicted octanol–water partition coefficient (Wildman–Crippen LogP) is 1.83. The Morgan fingerprint density at radius 1 is 1.24 bits per heavy atom. The fourth-order valence-corrected chi connectivity index (χ4v) is 4.53. The number of carboxylic acids is 1. The van der Waals surface area contributed by atoms with Crippen LogP contribution >= 0.6 is 11.8 Å². The van der Waals surface area contributed by atoms with Crippen molar-refractivity contribution in [2.24, 2.45) is 10.1 Å². The molecule has 2 aliphatic rings. The Morgan fingerprint density at radius 3 is 2.82 bits per heavy atom. The number of hydrazone groups is 1. The van der Waals surface area contributed by atoms with Crippen molar-refractivity contribution in [3.63, 3.8) is 0 Å². The van der Waals surface area contributed by atoms with E-state index in [9.17, 15) is 9.59 Å². The molecule has 0 aromatic heterocycles. The zero-order valence-corrected chi connectivity index (χ0v) is 19.1. The second kappa shape index (κ2) is 9.95. The summed E-state index contributed by atoms with van der Waals surface area (Å²) in [5.74, 6) is 0.0504. The Balaban J connectivity index is 1.87. The molecule has 9 nitrogen and oxygen atoms in total. The first-order valence-corrected chi connectivity index (χ1v) is 11.5. The van der Waals surface area contributed by atoms with Gasteiger partial charge in [-0.15, -0.1) is 5.10 Å². The quantitative estimate of drug-likeness (QED) is 0.569. The molecule has 4 rings (SSSR count). The zero-order valence-electron chi connectivity index (χ0n) is 18.3. The lowest BCUT2D eigenvalue weighted by molar-refractivity contribution is -0.139. The number of amidine groups is 1. The second-order valence-electron chi connectivity index (χ2n) is 7.34. The van der Waals surface area contributed by atoms with E-state index in [4.69, 9.17) is 24.7 Å². The largest absolute Gasteiger partial charge is 0.493 e. The average molecular weight is 469 g/mol. The van der Waals surface area contributed by atoms with Gasteiger partial charge < -0.3 is 14.6 Å². The fraction of sp³-hybridized carbons (Fsp3) is 0.304. The number of benzene rings is 2. The summed E-state index contributed by atoms with van der Waals surface area (Å²) in [4.78, 5) is 29.2. The van der Waals surface area contributed by atoms with Crippen LogP contribution in [0.25, 0.3) is 5.70 Å². The van der Waals surface area contributed by atoms with Crippen LogP contribution in [0.5, 0.6) is 11.5 Å². The first-order valence-electron chi connectivity index (χ1n) is 10.5. The topological polar surface area (TPSA) is 113 Å². The molecule has 2 aromatic rings. The Kier molecular flexibility index (Phi) is 6.83. The van der Waals surface area contributed by atoms with Crippen LogP contribution in [0.2, 0.25) is 0 Å². The maximum Gasteiger partial charge on any atom is 0.341 e. The van der Waals surface area contributed by atoms with Gasteiger partial charge >= 0.3 is 5.97 Å². The van der Waals surface area contributed by atoms with E-state index in [2.05, 4.69) is 12.2 Å². The normalized spacial score (nSPS) is 16.7. The highest BCUT2D eigenvalue weighted by Crippen LogP contribution is 2.40. The number of amides is 1. The molecule has 0 saturated heterocycles. The third-order valence-corrected chi connectivity index (χ3v) is 6.05. The van der Waals surface area contributed by atoms with Gasteiger partial charge in [0.05, 0.1) is 12.5 Å². The molecule has 33 heavy (non-hydrogen) atoms. The van der Waals surface area contributed by atoms with E-state index < -0.39 is 18.7 Å². The summed E-state index contributed by atoms with van der Waals surface area (Å²) in [6.07, 6.45) is 1.28. The number of aliphatic carboxylic acids is 1. The number of carboxylic acid groups (broad SMARTS) is 1. The van der Waals surface area contributed by atoms with E-state index in [1.807, 2.05) is 24.3 Å². The van der Waals surface area contributed by atoms with Crippen molar-refractivity contribution in [3.05, 3.63) is 58.6 Å². The predicted molar refractivity (Wildman–Crippen MR) is 124 cm³/mol. The molecule has 0 saturated carbocycles. The van der Waals surface area contributed by atoms with Crippen molar-refractivity contribution in [2.45, 2.75) is 25.9 Å². The van der Waals surface area contributed by atoms with Crippen molar-refractivity contribution in [1.29, 1.82) is 0 Å². The van der Waals surface area contributed by atoms with E-state index in [1.54, 1.807) is 23.2 Å². The lowest BCUT2D eigenvalue weighted by Gasteiger charge is -2.34. The molecule has 0 fully saturated rings. The van der Waals surface area contributed by atoms with Crippen LogP contribution < -0.4 is 25.4 Å². The average Bonchev–Trinajstić information content (AvgIpc) is 2.82. The molecule has 1 atom stereocenters. The molecule has 10 heteroatoms. The van der Waals surface area contributed by atoms with Crippen molar-refractivity contribution in [3.8, 4) is 11.5 Å². The van der Waals surface area contributed by atoms with Gasteiger partial charge in [0.15, 0.2) is 29.4 Å². The number of fused-ring (bicyclic) bond motifs is 2. The number of ether oxygens (including phenoxy) is 2. The van der Waals surface area contributed by atoms with Gasteiger partial charge in [-0.1, -0.05) is 55.4 Å². The van der Waals surface area contributed by atoms with Crippen LogP contribution in [0, 0.1) is 0 Å². The molecule has 1 unspecified atom stereocenters. The molecule has 0 aliphatic carbocycles. The molecule has 2 aromatic carbocycles. The molecular weight excluding hydrogens is 444 g/mol. The number of hydrogen-bond acceptors (Lipinski definition) is 8. The number of nitrogens with one attached hydrogen (secondary N) is 1. The summed E-state index contributed by atoms with van der Waals surface area (Å²) >= 11 is 1.47. The van der Waals surface area contributed by atoms with Gasteiger partial charge in [-0.25, -0.2) is 9.80 Å². The Morgan fingerprint density at radius 2 is 2.06 bits per heavy atom. The monoisotopic (exact) mass is 468 g/mol. The minimum absolute atomic E-state index is 0.247. The molecule has 172 valence electrons. The first-order chi connectivity index (χ1) is 16.0. The third kappa shape index (κ3) is 4.65. The summed E-state index contributed by atoms with van der Waals surface area (Å²) in [5, 5.41) is 20.1. The molecular formula is C23H24N4O5S. The van der Waals surface area contributed by atoms with Gasteiger partial charge in [-0.05, 0) is 18.6 Å². The summed E-state index contributed by atoms with van der Waals surface area (Å²) in [5.41, 5.74) is 0.913. The van der Waals surface area contributed by atoms with Gasteiger partial charge in [0.2, 0.25) is 0 Å². The zero-order chi connectivity index (χ0) is 23.4. The minimum Gasteiger partial charge on any atom is -0.493 e. The van der Waals surface area contributed by atoms with Gasteiger partial charge in [-0.2, -0.15) is 0 Å². The summed E-state index contributed by atoms with van der Waals surface area (Å²) in [6, 6.07) is 12.6. The second-order valence-corrected chi connectivity index (χ2v) is 8.42. The summed E-state index contributed by atoms with van der Waals surface area (Å²) < 4.78 is 11.0. The van der Waals surface area contributed by atoms with Gasteiger partial charge in [-0.3, -0.25) is 15.1 Å². The number of para-hydroxylation sites is 2. The molecule has 0 bridgehead atoms. The molecule has 1 amide bonds. The smallest absolute Gasteiger partial charge is 0.341 e.